The zero-order valence-electron chi connectivity index (χ0n) is 13.4. The molecule has 3 aromatic rings. The van der Waals surface area contributed by atoms with Gasteiger partial charge in [-0.1, -0.05) is 16.5 Å². The summed E-state index contributed by atoms with van der Waals surface area (Å²) in [6.45, 7) is 1.94. The number of anilines is 1. The Balaban J connectivity index is 1.47. The summed E-state index contributed by atoms with van der Waals surface area (Å²) in [6, 6.07) is 5.89. The van der Waals surface area contributed by atoms with E-state index in [0.717, 1.165) is 47.3 Å². The molecule has 1 N–H and O–H groups in total. The van der Waals surface area contributed by atoms with E-state index >= 15 is 0 Å². The van der Waals surface area contributed by atoms with E-state index in [1.165, 1.54) is 11.3 Å². The van der Waals surface area contributed by atoms with Crippen LogP contribution in [0.3, 0.4) is 0 Å². The minimum Gasteiger partial charge on any atom is -0.356 e. The molecule has 0 bridgehead atoms. The van der Waals surface area contributed by atoms with Crippen molar-refractivity contribution in [1.82, 2.24) is 15.0 Å². The third-order valence-electron chi connectivity index (χ3n) is 4.46. The van der Waals surface area contributed by atoms with Gasteiger partial charge in [0, 0.05) is 17.5 Å². The zero-order valence-corrected chi connectivity index (χ0v) is 14.2. The van der Waals surface area contributed by atoms with Crippen molar-refractivity contribution in [3.8, 4) is 10.4 Å². The number of likely N-dealkylation sites (tertiary alicyclic amines) is 1. The highest BCUT2D eigenvalue weighted by atomic mass is 32.1. The van der Waals surface area contributed by atoms with Crippen molar-refractivity contribution in [3.63, 3.8) is 0 Å². The summed E-state index contributed by atoms with van der Waals surface area (Å²) in [5.41, 5.74) is 1.81. The molecule has 2 aromatic heterocycles. The lowest BCUT2D eigenvalue weighted by Crippen LogP contribution is -2.35. The van der Waals surface area contributed by atoms with Gasteiger partial charge in [-0.2, -0.15) is 0 Å². The van der Waals surface area contributed by atoms with Crippen molar-refractivity contribution in [2.75, 3.05) is 25.5 Å². The molecule has 0 aliphatic carbocycles. The lowest BCUT2D eigenvalue weighted by molar-refractivity contribution is -0.121. The number of rotatable bonds is 3. The number of hydrogen-bond donors (Lipinski definition) is 1. The number of hydrogen-bond acceptors (Lipinski definition) is 6. The molecule has 1 amide bonds. The topological polar surface area (TPSA) is 71.3 Å². The van der Waals surface area contributed by atoms with E-state index in [1.807, 2.05) is 18.2 Å². The van der Waals surface area contributed by atoms with Gasteiger partial charge in [-0.05, 0) is 56.7 Å². The van der Waals surface area contributed by atoms with Gasteiger partial charge in [-0.25, -0.2) is 4.98 Å². The maximum absolute atomic E-state index is 12.4. The molecule has 3 heterocycles. The van der Waals surface area contributed by atoms with Crippen LogP contribution < -0.4 is 5.32 Å². The molecule has 124 valence electrons. The Morgan fingerprint density at radius 1 is 1.33 bits per heavy atom. The van der Waals surface area contributed by atoms with Crippen LogP contribution in [0.4, 0.5) is 5.13 Å². The Bertz CT molecular complexity index is 864. The molecule has 0 spiro atoms. The molecule has 0 unspecified atom stereocenters. The predicted molar refractivity (Wildman–Crippen MR) is 94.0 cm³/mol. The van der Waals surface area contributed by atoms with E-state index in [-0.39, 0.29) is 11.8 Å². The Morgan fingerprint density at radius 2 is 2.17 bits per heavy atom. The van der Waals surface area contributed by atoms with Gasteiger partial charge in [0.05, 0.1) is 11.1 Å². The van der Waals surface area contributed by atoms with Gasteiger partial charge in [0.1, 0.15) is 0 Å². The van der Waals surface area contributed by atoms with E-state index in [0.29, 0.717) is 5.13 Å². The SMILES string of the molecule is CN1CCC(C(=O)Nc2ncc(-c3ccc4oncc4c3)s2)CC1. The first-order valence-corrected chi connectivity index (χ1v) is 8.81. The Labute approximate surface area is 143 Å². The van der Waals surface area contributed by atoms with E-state index in [9.17, 15) is 4.79 Å². The molecule has 6 nitrogen and oxygen atoms in total. The summed E-state index contributed by atoms with van der Waals surface area (Å²) in [7, 11) is 2.09. The van der Waals surface area contributed by atoms with Gasteiger partial charge in [-0.3, -0.25) is 4.79 Å². The smallest absolute Gasteiger partial charge is 0.229 e. The van der Waals surface area contributed by atoms with Gasteiger partial charge < -0.3 is 14.7 Å². The summed E-state index contributed by atoms with van der Waals surface area (Å²) in [5, 5.41) is 8.37. The second-order valence-electron chi connectivity index (χ2n) is 6.17. The van der Waals surface area contributed by atoms with Crippen molar-refractivity contribution >= 4 is 33.3 Å². The second kappa shape index (κ2) is 6.33. The highest BCUT2D eigenvalue weighted by Crippen LogP contribution is 2.31. The van der Waals surface area contributed by atoms with Gasteiger partial charge in [0.2, 0.25) is 5.91 Å². The van der Waals surface area contributed by atoms with Crippen LogP contribution in [-0.4, -0.2) is 41.1 Å². The number of aromatic nitrogens is 2. The molecule has 4 rings (SSSR count). The van der Waals surface area contributed by atoms with Crippen molar-refractivity contribution in [2.24, 2.45) is 5.92 Å². The normalized spacial score (nSPS) is 16.5. The van der Waals surface area contributed by atoms with E-state index in [1.54, 1.807) is 12.4 Å². The molecule has 1 fully saturated rings. The first-order chi connectivity index (χ1) is 11.7. The lowest BCUT2D eigenvalue weighted by atomic mass is 9.96. The molecule has 1 aromatic carbocycles. The van der Waals surface area contributed by atoms with Gasteiger partial charge in [0.25, 0.3) is 0 Å². The summed E-state index contributed by atoms with van der Waals surface area (Å²) >= 11 is 1.49. The third-order valence-corrected chi connectivity index (χ3v) is 5.42. The molecule has 1 saturated heterocycles. The van der Waals surface area contributed by atoms with Crippen LogP contribution in [-0.2, 0) is 4.79 Å². The van der Waals surface area contributed by atoms with Gasteiger partial charge in [0.15, 0.2) is 10.7 Å². The number of benzene rings is 1. The summed E-state index contributed by atoms with van der Waals surface area (Å²) in [4.78, 5) is 20.0. The molecule has 7 heteroatoms. The predicted octanol–water partition coefficient (Wildman–Crippen LogP) is 3.23. The van der Waals surface area contributed by atoms with Crippen LogP contribution in [0, 0.1) is 5.92 Å². The van der Waals surface area contributed by atoms with Crippen LogP contribution in [0.15, 0.2) is 35.1 Å². The molecule has 0 saturated carbocycles. The van der Waals surface area contributed by atoms with Crippen molar-refractivity contribution in [3.05, 3.63) is 30.6 Å². The maximum atomic E-state index is 12.4. The minimum atomic E-state index is 0.0819. The number of thiazole rings is 1. The molecule has 24 heavy (non-hydrogen) atoms. The standard InChI is InChI=1S/C17H18N4O2S/c1-21-6-4-11(5-7-21)16(22)20-17-18-10-15(24-17)12-2-3-14-13(8-12)9-19-23-14/h2-3,8-11H,4-7H2,1H3,(H,18,20,22). The van der Waals surface area contributed by atoms with Gasteiger partial charge >= 0.3 is 0 Å². The fourth-order valence-electron chi connectivity index (χ4n) is 2.97. The van der Waals surface area contributed by atoms with Crippen molar-refractivity contribution in [1.29, 1.82) is 0 Å². The highest BCUT2D eigenvalue weighted by molar-refractivity contribution is 7.19. The minimum absolute atomic E-state index is 0.0819. The average molecular weight is 342 g/mol. The van der Waals surface area contributed by atoms with Crippen LogP contribution in [0.5, 0.6) is 0 Å². The number of nitrogens with one attached hydrogen (secondary N) is 1. The van der Waals surface area contributed by atoms with Crippen molar-refractivity contribution < 1.29 is 9.32 Å². The average Bonchev–Trinajstić information content (AvgIpc) is 3.23. The summed E-state index contributed by atoms with van der Waals surface area (Å²) in [6.07, 6.45) is 5.31. The molecule has 1 aliphatic rings. The van der Waals surface area contributed by atoms with Crippen LogP contribution in [0.2, 0.25) is 0 Å². The quantitative estimate of drug-likeness (QED) is 0.791. The maximum Gasteiger partial charge on any atom is 0.229 e. The zero-order chi connectivity index (χ0) is 16.5. The van der Waals surface area contributed by atoms with E-state index in [2.05, 4.69) is 27.4 Å². The van der Waals surface area contributed by atoms with E-state index in [4.69, 9.17) is 4.52 Å². The molecule has 0 atom stereocenters. The van der Waals surface area contributed by atoms with Crippen LogP contribution >= 0.6 is 11.3 Å². The number of carbonyl (C=O) groups excluding carboxylic acids is 1. The van der Waals surface area contributed by atoms with Crippen molar-refractivity contribution in [2.45, 2.75) is 12.8 Å². The Kier molecular flexibility index (Phi) is 4.03. The van der Waals surface area contributed by atoms with Crippen LogP contribution in [0.25, 0.3) is 21.4 Å². The third kappa shape index (κ3) is 3.05. The molecule has 0 radical (unpaired) electrons. The van der Waals surface area contributed by atoms with Crippen LogP contribution in [0.1, 0.15) is 12.8 Å². The Morgan fingerprint density at radius 3 is 3.00 bits per heavy atom. The number of carbonyl (C=O) groups is 1. The fraction of sp³-hybridized carbons (Fsp3) is 0.353. The monoisotopic (exact) mass is 342 g/mol. The number of nitrogens with zero attached hydrogens (tertiary/aromatic N) is 3. The number of amides is 1. The fourth-order valence-corrected chi connectivity index (χ4v) is 3.78. The molecule has 1 aliphatic heterocycles. The molecular weight excluding hydrogens is 324 g/mol. The first-order valence-electron chi connectivity index (χ1n) is 7.99. The highest BCUT2D eigenvalue weighted by Gasteiger charge is 2.24. The summed E-state index contributed by atoms with van der Waals surface area (Å²) < 4.78 is 5.12. The second-order valence-corrected chi connectivity index (χ2v) is 7.21. The van der Waals surface area contributed by atoms with Gasteiger partial charge in [-0.15, -0.1) is 0 Å². The first kappa shape index (κ1) is 15.3. The number of piperidine rings is 1. The van der Waals surface area contributed by atoms with E-state index < -0.39 is 0 Å². The summed E-state index contributed by atoms with van der Waals surface area (Å²) in [5.74, 6) is 0.167. The largest absolute Gasteiger partial charge is 0.356 e. The Hall–Kier alpha value is -2.25. The molecular formula is C17H18N4O2S. The number of fused-ring (bicyclic) bond motifs is 1. The lowest BCUT2D eigenvalue weighted by Gasteiger charge is -2.27.